The second-order valence-electron chi connectivity index (χ2n) is 8.98. The van der Waals surface area contributed by atoms with Gasteiger partial charge >= 0.3 is 0 Å². The fourth-order valence-electron chi connectivity index (χ4n) is 5.55. The van der Waals surface area contributed by atoms with Gasteiger partial charge in [-0.15, -0.1) is 0 Å². The van der Waals surface area contributed by atoms with Crippen LogP contribution in [0, 0.1) is 17.3 Å². The maximum atomic E-state index is 11.2. The highest BCUT2D eigenvalue weighted by molar-refractivity contribution is 5.19. The molecule has 3 N–H and O–H groups in total. The van der Waals surface area contributed by atoms with Gasteiger partial charge in [0.2, 0.25) is 0 Å². The summed E-state index contributed by atoms with van der Waals surface area (Å²) in [5.74, 6) is -0.241. The number of aliphatic hydroxyl groups excluding tert-OH is 1. The fraction of sp³-hybridized carbons (Fsp3) is 0.900. The number of hydrogen-bond acceptors (Lipinski definition) is 3. The van der Waals surface area contributed by atoms with Gasteiger partial charge in [0, 0.05) is 17.3 Å². The molecule has 0 aromatic carbocycles. The third-order valence-corrected chi connectivity index (χ3v) is 7.05. The maximum absolute atomic E-state index is 11.2. The molecule has 0 spiro atoms. The Morgan fingerprint density at radius 1 is 0.739 bits per heavy atom. The van der Waals surface area contributed by atoms with Crippen molar-refractivity contribution in [3.63, 3.8) is 0 Å². The van der Waals surface area contributed by atoms with Gasteiger partial charge in [0.25, 0.3) is 0 Å². The summed E-state index contributed by atoms with van der Waals surface area (Å²) < 4.78 is 0. The molecule has 0 aromatic rings. The lowest BCUT2D eigenvalue weighted by atomic mass is 9.55. The van der Waals surface area contributed by atoms with Gasteiger partial charge in [-0.2, -0.15) is 0 Å². The van der Waals surface area contributed by atoms with Crippen LogP contribution in [-0.2, 0) is 0 Å². The molecule has 0 radical (unpaired) electrons. The number of rotatable bonds is 2. The van der Waals surface area contributed by atoms with Crippen LogP contribution in [0.15, 0.2) is 12.2 Å². The van der Waals surface area contributed by atoms with Crippen LogP contribution >= 0.6 is 0 Å². The lowest BCUT2D eigenvalue weighted by Gasteiger charge is -2.54. The van der Waals surface area contributed by atoms with Gasteiger partial charge in [-0.25, -0.2) is 0 Å². The molecule has 3 aliphatic carbocycles. The van der Waals surface area contributed by atoms with Crippen molar-refractivity contribution in [3.8, 4) is 0 Å². The summed E-state index contributed by atoms with van der Waals surface area (Å²) in [4.78, 5) is 0. The SMILES string of the molecule is CC1(C)[C@@H](C2(O)CCCCC2)C=C[C@@H](C2(O)CCCCC2)[C@@H]1O. The fourth-order valence-corrected chi connectivity index (χ4v) is 5.55. The summed E-state index contributed by atoms with van der Waals surface area (Å²) in [5.41, 5.74) is -1.89. The van der Waals surface area contributed by atoms with Crippen molar-refractivity contribution < 1.29 is 15.3 Å². The summed E-state index contributed by atoms with van der Waals surface area (Å²) in [6.07, 6.45) is 13.4. The van der Waals surface area contributed by atoms with Crippen LogP contribution < -0.4 is 0 Å². The Balaban J connectivity index is 1.87. The average molecular weight is 322 g/mol. The Morgan fingerprint density at radius 2 is 1.22 bits per heavy atom. The third kappa shape index (κ3) is 3.01. The normalized spacial score (nSPS) is 39.1. The zero-order chi connectivity index (χ0) is 16.7. The van der Waals surface area contributed by atoms with Gasteiger partial charge in [-0.05, 0) is 25.7 Å². The summed E-state index contributed by atoms with van der Waals surface area (Å²) in [6.45, 7) is 4.13. The van der Waals surface area contributed by atoms with Crippen LogP contribution in [0.5, 0.6) is 0 Å². The topological polar surface area (TPSA) is 60.7 Å². The Kier molecular flexibility index (Phi) is 4.67. The molecule has 0 aliphatic heterocycles. The third-order valence-electron chi connectivity index (χ3n) is 7.05. The van der Waals surface area contributed by atoms with Gasteiger partial charge in [-0.3, -0.25) is 0 Å². The quantitative estimate of drug-likeness (QED) is 0.681. The number of aliphatic hydroxyl groups is 3. The first kappa shape index (κ1) is 17.4. The summed E-state index contributed by atoms with van der Waals surface area (Å²) in [7, 11) is 0. The van der Waals surface area contributed by atoms with Crippen molar-refractivity contribution in [2.24, 2.45) is 17.3 Å². The minimum atomic E-state index is -0.772. The van der Waals surface area contributed by atoms with Gasteiger partial charge in [-0.1, -0.05) is 64.5 Å². The molecule has 3 heteroatoms. The Hall–Kier alpha value is -0.380. The zero-order valence-corrected chi connectivity index (χ0v) is 14.8. The predicted octanol–water partition coefficient (Wildman–Crippen LogP) is 3.57. The molecule has 0 heterocycles. The van der Waals surface area contributed by atoms with E-state index in [1.807, 2.05) is 6.08 Å². The van der Waals surface area contributed by atoms with E-state index in [0.29, 0.717) is 0 Å². The summed E-state index contributed by atoms with van der Waals surface area (Å²) in [6, 6.07) is 0. The van der Waals surface area contributed by atoms with Crippen molar-refractivity contribution in [3.05, 3.63) is 12.2 Å². The van der Waals surface area contributed by atoms with E-state index in [1.165, 1.54) is 12.8 Å². The van der Waals surface area contributed by atoms with Gasteiger partial charge in [0.1, 0.15) is 0 Å². The molecule has 23 heavy (non-hydrogen) atoms. The Labute approximate surface area is 140 Å². The molecule has 0 amide bonds. The minimum Gasteiger partial charge on any atom is -0.392 e. The molecule has 2 saturated carbocycles. The lowest BCUT2D eigenvalue weighted by Crippen LogP contribution is -2.58. The second kappa shape index (κ2) is 6.16. The van der Waals surface area contributed by atoms with E-state index < -0.39 is 22.7 Å². The van der Waals surface area contributed by atoms with Crippen molar-refractivity contribution in [2.45, 2.75) is 95.4 Å². The zero-order valence-electron chi connectivity index (χ0n) is 14.8. The summed E-state index contributed by atoms with van der Waals surface area (Å²) in [5, 5.41) is 33.4. The minimum absolute atomic E-state index is 0.0336. The second-order valence-corrected chi connectivity index (χ2v) is 8.98. The molecular weight excluding hydrogens is 288 g/mol. The van der Waals surface area contributed by atoms with Gasteiger partial charge in [0.15, 0.2) is 0 Å². The average Bonchev–Trinajstić information content (AvgIpc) is 2.51. The molecule has 132 valence electrons. The van der Waals surface area contributed by atoms with E-state index in [2.05, 4.69) is 19.9 Å². The monoisotopic (exact) mass is 322 g/mol. The van der Waals surface area contributed by atoms with E-state index in [0.717, 1.165) is 51.4 Å². The molecule has 3 aliphatic rings. The highest BCUT2D eigenvalue weighted by Crippen LogP contribution is 2.52. The van der Waals surface area contributed by atoms with Crippen molar-refractivity contribution >= 4 is 0 Å². The van der Waals surface area contributed by atoms with Crippen LogP contribution in [0.25, 0.3) is 0 Å². The molecule has 0 unspecified atom stereocenters. The van der Waals surface area contributed by atoms with E-state index in [1.54, 1.807) is 0 Å². The Bertz CT molecular complexity index is 442. The highest BCUT2D eigenvalue weighted by Gasteiger charge is 2.54. The van der Waals surface area contributed by atoms with E-state index in [4.69, 9.17) is 0 Å². The molecule has 0 bridgehead atoms. The molecule has 2 fully saturated rings. The first-order valence-electron chi connectivity index (χ1n) is 9.61. The smallest absolute Gasteiger partial charge is 0.0735 e. The molecule has 3 rings (SSSR count). The van der Waals surface area contributed by atoms with Crippen molar-refractivity contribution in [1.82, 2.24) is 0 Å². The van der Waals surface area contributed by atoms with Crippen LogP contribution in [0.4, 0.5) is 0 Å². The first-order chi connectivity index (χ1) is 10.8. The number of hydrogen-bond donors (Lipinski definition) is 3. The molecule has 3 nitrogen and oxygen atoms in total. The predicted molar refractivity (Wildman–Crippen MR) is 92.0 cm³/mol. The van der Waals surface area contributed by atoms with E-state index in [9.17, 15) is 15.3 Å². The van der Waals surface area contributed by atoms with Crippen LogP contribution in [-0.4, -0.2) is 32.6 Å². The molecule has 0 aromatic heterocycles. The van der Waals surface area contributed by atoms with Crippen molar-refractivity contribution in [1.29, 1.82) is 0 Å². The standard InChI is InChI=1S/C20H34O3/c1-18(2)16(20(23)13-7-4-8-14-20)10-9-15(17(18)21)19(22)11-5-3-6-12-19/h9-10,15-17,21-23H,3-8,11-14H2,1-2H3/t15-,16+,17+/m1/s1. The largest absolute Gasteiger partial charge is 0.392 e. The van der Waals surface area contributed by atoms with E-state index in [-0.39, 0.29) is 11.8 Å². The van der Waals surface area contributed by atoms with Crippen LogP contribution in [0.1, 0.15) is 78.1 Å². The molecule has 3 atom stereocenters. The van der Waals surface area contributed by atoms with E-state index >= 15 is 0 Å². The van der Waals surface area contributed by atoms with Crippen LogP contribution in [0.2, 0.25) is 0 Å². The highest BCUT2D eigenvalue weighted by atomic mass is 16.3. The van der Waals surface area contributed by atoms with Gasteiger partial charge < -0.3 is 15.3 Å². The Morgan fingerprint density at radius 3 is 1.74 bits per heavy atom. The van der Waals surface area contributed by atoms with Crippen molar-refractivity contribution in [2.75, 3.05) is 0 Å². The lowest BCUT2D eigenvalue weighted by molar-refractivity contribution is -0.155. The van der Waals surface area contributed by atoms with Gasteiger partial charge in [0.05, 0.1) is 17.3 Å². The molecular formula is C20H34O3. The van der Waals surface area contributed by atoms with Crippen LogP contribution in [0.3, 0.4) is 0 Å². The maximum Gasteiger partial charge on any atom is 0.0735 e. The molecule has 0 saturated heterocycles. The summed E-state index contributed by atoms with van der Waals surface area (Å²) >= 11 is 0. The first-order valence-corrected chi connectivity index (χ1v) is 9.61.